The molecule has 2 heterocycles. The number of benzene rings is 2. The van der Waals surface area contributed by atoms with Gasteiger partial charge in [0.1, 0.15) is 0 Å². The SMILES string of the molecule is Cc1ccc(-n2nc(C(=O)NCc3cccc(NC(=O)c4ccco4)c3)c3c2CCC3)cc1. The van der Waals surface area contributed by atoms with E-state index < -0.39 is 0 Å². The quantitative estimate of drug-likeness (QED) is 0.464. The Labute approximate surface area is 191 Å². The lowest BCUT2D eigenvalue weighted by atomic mass is 10.1. The number of nitrogens with one attached hydrogen (secondary N) is 2. The molecule has 1 aliphatic carbocycles. The first-order chi connectivity index (χ1) is 16.1. The molecule has 4 aromatic rings. The van der Waals surface area contributed by atoms with Crippen LogP contribution in [0.5, 0.6) is 0 Å². The topological polar surface area (TPSA) is 89.2 Å². The molecule has 2 amide bonds. The Morgan fingerprint density at radius 3 is 2.67 bits per heavy atom. The zero-order valence-corrected chi connectivity index (χ0v) is 18.3. The third-order valence-electron chi connectivity index (χ3n) is 5.81. The average molecular weight is 441 g/mol. The normalized spacial score (nSPS) is 12.4. The number of aryl methyl sites for hydroxylation is 1. The zero-order valence-electron chi connectivity index (χ0n) is 18.3. The second-order valence-corrected chi connectivity index (χ2v) is 8.19. The van der Waals surface area contributed by atoms with Crippen LogP contribution in [0.3, 0.4) is 0 Å². The van der Waals surface area contributed by atoms with Gasteiger partial charge in [0.05, 0.1) is 12.0 Å². The number of hydrogen-bond acceptors (Lipinski definition) is 4. The van der Waals surface area contributed by atoms with Gasteiger partial charge in [0.2, 0.25) is 0 Å². The molecule has 2 aromatic heterocycles. The van der Waals surface area contributed by atoms with Gasteiger partial charge in [-0.2, -0.15) is 5.10 Å². The summed E-state index contributed by atoms with van der Waals surface area (Å²) in [5.74, 6) is -0.269. The number of fused-ring (bicyclic) bond motifs is 1. The van der Waals surface area contributed by atoms with E-state index in [1.54, 1.807) is 18.2 Å². The highest BCUT2D eigenvalue weighted by Crippen LogP contribution is 2.28. The molecule has 7 heteroatoms. The predicted octanol–water partition coefficient (Wildman–Crippen LogP) is 4.44. The van der Waals surface area contributed by atoms with Crippen LogP contribution in [0.25, 0.3) is 5.69 Å². The van der Waals surface area contributed by atoms with Crippen molar-refractivity contribution < 1.29 is 14.0 Å². The molecule has 5 rings (SSSR count). The van der Waals surface area contributed by atoms with Crippen molar-refractivity contribution in [3.63, 3.8) is 0 Å². The average Bonchev–Trinajstić information content (AvgIpc) is 3.56. The van der Waals surface area contributed by atoms with Crippen molar-refractivity contribution >= 4 is 17.5 Å². The van der Waals surface area contributed by atoms with Crippen molar-refractivity contribution in [1.82, 2.24) is 15.1 Å². The summed E-state index contributed by atoms with van der Waals surface area (Å²) in [6, 6.07) is 18.8. The molecule has 0 radical (unpaired) electrons. The largest absolute Gasteiger partial charge is 0.459 e. The second kappa shape index (κ2) is 8.78. The maximum Gasteiger partial charge on any atom is 0.291 e. The third kappa shape index (κ3) is 4.30. The molecule has 0 fully saturated rings. The van der Waals surface area contributed by atoms with Crippen LogP contribution < -0.4 is 10.6 Å². The van der Waals surface area contributed by atoms with E-state index in [4.69, 9.17) is 4.42 Å². The van der Waals surface area contributed by atoms with Crippen LogP contribution >= 0.6 is 0 Å². The second-order valence-electron chi connectivity index (χ2n) is 8.19. The molecule has 2 N–H and O–H groups in total. The highest BCUT2D eigenvalue weighted by Gasteiger charge is 2.26. The van der Waals surface area contributed by atoms with Crippen molar-refractivity contribution in [3.8, 4) is 5.69 Å². The lowest BCUT2D eigenvalue weighted by molar-refractivity contribution is 0.0943. The summed E-state index contributed by atoms with van der Waals surface area (Å²) in [5, 5.41) is 10.4. The Morgan fingerprint density at radius 2 is 1.88 bits per heavy atom. The van der Waals surface area contributed by atoms with Gasteiger partial charge in [0.25, 0.3) is 11.8 Å². The first-order valence-corrected chi connectivity index (χ1v) is 11.0. The summed E-state index contributed by atoms with van der Waals surface area (Å²) in [6.07, 6.45) is 4.26. The van der Waals surface area contributed by atoms with E-state index in [-0.39, 0.29) is 17.6 Å². The number of furan rings is 1. The molecule has 0 aliphatic heterocycles. The minimum atomic E-state index is -0.321. The van der Waals surface area contributed by atoms with Gasteiger partial charge in [-0.05, 0) is 68.1 Å². The molecule has 2 aromatic carbocycles. The number of aromatic nitrogens is 2. The third-order valence-corrected chi connectivity index (χ3v) is 5.81. The van der Waals surface area contributed by atoms with Crippen LogP contribution in [-0.2, 0) is 19.4 Å². The minimum Gasteiger partial charge on any atom is -0.459 e. The molecule has 0 bridgehead atoms. The van der Waals surface area contributed by atoms with E-state index in [1.807, 2.05) is 41.9 Å². The maximum absolute atomic E-state index is 13.0. The molecule has 33 heavy (non-hydrogen) atoms. The number of anilines is 1. The molecule has 1 aliphatic rings. The summed E-state index contributed by atoms with van der Waals surface area (Å²) in [7, 11) is 0. The fourth-order valence-corrected chi connectivity index (χ4v) is 4.14. The van der Waals surface area contributed by atoms with Gasteiger partial charge in [-0.15, -0.1) is 0 Å². The molecular formula is C26H24N4O3. The highest BCUT2D eigenvalue weighted by molar-refractivity contribution is 6.02. The Morgan fingerprint density at radius 1 is 1.03 bits per heavy atom. The number of hydrogen-bond donors (Lipinski definition) is 2. The number of nitrogens with zero attached hydrogens (tertiary/aromatic N) is 2. The summed E-state index contributed by atoms with van der Waals surface area (Å²) >= 11 is 0. The Balaban J connectivity index is 1.29. The standard InChI is InChI=1S/C26H24N4O3/c1-17-10-12-20(13-11-17)30-22-8-3-7-21(22)24(29-30)26(32)27-16-18-5-2-6-19(15-18)28-25(31)23-9-4-14-33-23/h2,4-6,9-15H,3,7-8,16H2,1H3,(H,27,32)(H,28,31). The number of carbonyl (C=O) groups is 2. The van der Waals surface area contributed by atoms with Crippen LogP contribution in [-0.4, -0.2) is 21.6 Å². The van der Waals surface area contributed by atoms with Gasteiger partial charge in [-0.3, -0.25) is 9.59 Å². The van der Waals surface area contributed by atoms with E-state index in [2.05, 4.69) is 27.9 Å². The zero-order chi connectivity index (χ0) is 22.8. The summed E-state index contributed by atoms with van der Waals surface area (Å²) in [6.45, 7) is 2.38. The van der Waals surface area contributed by atoms with Crippen molar-refractivity contribution in [2.45, 2.75) is 32.7 Å². The van der Waals surface area contributed by atoms with Crippen molar-refractivity contribution in [2.24, 2.45) is 0 Å². The molecule has 7 nitrogen and oxygen atoms in total. The summed E-state index contributed by atoms with van der Waals surface area (Å²) < 4.78 is 7.03. The van der Waals surface area contributed by atoms with Gasteiger partial charge in [0.15, 0.2) is 11.5 Å². The van der Waals surface area contributed by atoms with Gasteiger partial charge >= 0.3 is 0 Å². The smallest absolute Gasteiger partial charge is 0.291 e. The first kappa shape index (κ1) is 20.8. The molecule has 0 saturated heterocycles. The van der Waals surface area contributed by atoms with Crippen molar-refractivity contribution in [1.29, 1.82) is 0 Å². The van der Waals surface area contributed by atoms with E-state index in [1.165, 1.54) is 11.8 Å². The Kier molecular flexibility index (Phi) is 5.52. The molecule has 0 saturated carbocycles. The molecule has 0 unspecified atom stereocenters. The Bertz CT molecular complexity index is 1300. The van der Waals surface area contributed by atoms with E-state index in [0.717, 1.165) is 41.8 Å². The molecule has 0 spiro atoms. The lowest BCUT2D eigenvalue weighted by Gasteiger charge is -2.08. The van der Waals surface area contributed by atoms with Gasteiger partial charge in [-0.1, -0.05) is 29.8 Å². The van der Waals surface area contributed by atoms with Gasteiger partial charge in [-0.25, -0.2) is 4.68 Å². The van der Waals surface area contributed by atoms with Crippen LogP contribution in [0, 0.1) is 6.92 Å². The number of amides is 2. The van der Waals surface area contributed by atoms with Crippen LogP contribution in [0.2, 0.25) is 0 Å². The predicted molar refractivity (Wildman–Crippen MR) is 125 cm³/mol. The number of rotatable bonds is 6. The van der Waals surface area contributed by atoms with E-state index in [9.17, 15) is 9.59 Å². The Hall–Kier alpha value is -4.13. The monoisotopic (exact) mass is 440 g/mol. The molecule has 166 valence electrons. The fraction of sp³-hybridized carbons (Fsp3) is 0.192. The first-order valence-electron chi connectivity index (χ1n) is 11.0. The lowest BCUT2D eigenvalue weighted by Crippen LogP contribution is -2.24. The van der Waals surface area contributed by atoms with Crippen molar-refractivity contribution in [2.75, 3.05) is 5.32 Å². The molecular weight excluding hydrogens is 416 g/mol. The minimum absolute atomic E-state index is 0.191. The summed E-state index contributed by atoms with van der Waals surface area (Å²) in [5.41, 5.74) is 6.30. The highest BCUT2D eigenvalue weighted by atomic mass is 16.3. The van der Waals surface area contributed by atoms with Crippen molar-refractivity contribution in [3.05, 3.63) is 101 Å². The number of carbonyl (C=O) groups excluding carboxylic acids is 2. The van der Waals surface area contributed by atoms with Gasteiger partial charge in [0, 0.05) is 23.5 Å². The van der Waals surface area contributed by atoms with E-state index in [0.29, 0.717) is 17.9 Å². The van der Waals surface area contributed by atoms with Crippen LogP contribution in [0.4, 0.5) is 5.69 Å². The van der Waals surface area contributed by atoms with Crippen LogP contribution in [0.15, 0.2) is 71.3 Å². The fourth-order valence-electron chi connectivity index (χ4n) is 4.14. The molecule has 0 atom stereocenters. The van der Waals surface area contributed by atoms with Gasteiger partial charge < -0.3 is 15.1 Å². The maximum atomic E-state index is 13.0. The summed E-state index contributed by atoms with van der Waals surface area (Å²) in [4.78, 5) is 25.2. The van der Waals surface area contributed by atoms with E-state index >= 15 is 0 Å². The van der Waals surface area contributed by atoms with Crippen LogP contribution in [0.1, 0.15) is 49.8 Å².